The van der Waals surface area contributed by atoms with Gasteiger partial charge < -0.3 is 10.0 Å². The summed E-state index contributed by atoms with van der Waals surface area (Å²) in [6.45, 7) is 1.75. The number of amides is 1. The Labute approximate surface area is 100 Å². The van der Waals surface area contributed by atoms with Gasteiger partial charge in [0, 0.05) is 5.56 Å². The third-order valence-corrected chi connectivity index (χ3v) is 2.27. The van der Waals surface area contributed by atoms with Crippen LogP contribution in [-0.4, -0.2) is 29.0 Å². The predicted octanol–water partition coefficient (Wildman–Crippen LogP) is 1.30. The number of benzene rings is 1. The molecule has 1 aromatic carbocycles. The Hall–Kier alpha value is -2.46. The molecule has 0 atom stereocenters. The molecule has 86 valence electrons. The molecule has 0 aliphatic heterocycles. The number of carbonyl (C=O) groups is 1. The molecule has 1 aromatic rings. The first kappa shape index (κ1) is 12.6. The van der Waals surface area contributed by atoms with Gasteiger partial charge in [0.1, 0.15) is 12.3 Å². The highest BCUT2D eigenvalue weighted by Crippen LogP contribution is 2.17. The van der Waals surface area contributed by atoms with Crippen molar-refractivity contribution >= 4 is 5.91 Å². The van der Waals surface area contributed by atoms with E-state index in [9.17, 15) is 9.90 Å². The number of hydrogen-bond donors (Lipinski definition) is 1. The number of rotatable bonds is 3. The quantitative estimate of drug-likeness (QED) is 0.626. The van der Waals surface area contributed by atoms with Crippen LogP contribution in [0.2, 0.25) is 0 Å². The maximum Gasteiger partial charge on any atom is 0.255 e. The van der Waals surface area contributed by atoms with Crippen LogP contribution in [0.25, 0.3) is 0 Å². The summed E-state index contributed by atoms with van der Waals surface area (Å²) < 4.78 is 0. The van der Waals surface area contributed by atoms with Crippen molar-refractivity contribution < 1.29 is 9.90 Å². The smallest absolute Gasteiger partial charge is 0.255 e. The lowest BCUT2D eigenvalue weighted by Crippen LogP contribution is -2.32. The molecular weight excluding hydrogens is 216 g/mol. The fourth-order valence-corrected chi connectivity index (χ4v) is 1.45. The van der Waals surface area contributed by atoms with Crippen molar-refractivity contribution in [2.45, 2.75) is 6.92 Å². The monoisotopic (exact) mass is 228 g/mol. The van der Waals surface area contributed by atoms with E-state index in [4.69, 9.17) is 11.7 Å². The molecule has 4 heteroatoms. The molecule has 1 amide bonds. The van der Waals surface area contributed by atoms with Gasteiger partial charge in [-0.2, -0.15) is 5.26 Å². The first-order chi connectivity index (χ1) is 8.10. The van der Waals surface area contributed by atoms with E-state index < -0.39 is 0 Å². The zero-order chi connectivity index (χ0) is 12.8. The second-order valence-corrected chi connectivity index (χ2v) is 3.52. The highest BCUT2D eigenvalue weighted by atomic mass is 16.3. The summed E-state index contributed by atoms with van der Waals surface area (Å²) in [6, 6.07) is 6.34. The van der Waals surface area contributed by atoms with Gasteiger partial charge in [0.25, 0.3) is 5.91 Å². The maximum absolute atomic E-state index is 12.1. The molecule has 0 aromatic heterocycles. The van der Waals surface area contributed by atoms with Crippen molar-refractivity contribution in [2.75, 3.05) is 13.1 Å². The molecule has 0 heterocycles. The van der Waals surface area contributed by atoms with Gasteiger partial charge in [-0.05, 0) is 30.7 Å². The molecule has 17 heavy (non-hydrogen) atoms. The van der Waals surface area contributed by atoms with Gasteiger partial charge in [-0.3, -0.25) is 4.79 Å². The summed E-state index contributed by atoms with van der Waals surface area (Å²) in [7, 11) is 0. The highest BCUT2D eigenvalue weighted by Gasteiger charge is 2.16. The molecule has 0 aliphatic rings. The van der Waals surface area contributed by atoms with E-state index in [1.807, 2.05) is 6.07 Å². The summed E-state index contributed by atoms with van der Waals surface area (Å²) in [4.78, 5) is 13.3. The average molecular weight is 228 g/mol. The van der Waals surface area contributed by atoms with E-state index in [1.54, 1.807) is 6.92 Å². The van der Waals surface area contributed by atoms with Crippen LogP contribution in [-0.2, 0) is 0 Å². The molecule has 1 rings (SSSR count). The first-order valence-corrected chi connectivity index (χ1v) is 4.99. The summed E-state index contributed by atoms with van der Waals surface area (Å²) in [5, 5.41) is 17.9. The second-order valence-electron chi connectivity index (χ2n) is 3.52. The minimum atomic E-state index is -0.304. The normalized spacial score (nSPS) is 9.12. The van der Waals surface area contributed by atoms with Crippen molar-refractivity contribution in [1.82, 2.24) is 4.90 Å². The van der Waals surface area contributed by atoms with E-state index in [2.05, 4.69) is 5.92 Å². The Balaban J connectivity index is 3.02. The van der Waals surface area contributed by atoms with Crippen LogP contribution in [0.15, 0.2) is 18.2 Å². The summed E-state index contributed by atoms with van der Waals surface area (Å²) in [5.74, 6) is 2.13. The van der Waals surface area contributed by atoms with Crippen molar-refractivity contribution in [1.29, 1.82) is 5.26 Å². The summed E-state index contributed by atoms with van der Waals surface area (Å²) in [5.41, 5.74) is 1.09. The van der Waals surface area contributed by atoms with Gasteiger partial charge in [0.05, 0.1) is 12.6 Å². The van der Waals surface area contributed by atoms with Gasteiger partial charge in [0.2, 0.25) is 0 Å². The van der Waals surface area contributed by atoms with Gasteiger partial charge in [-0.25, -0.2) is 0 Å². The standard InChI is InChI=1S/C13H12N2O2/c1-3-7-15(8-6-14)13(17)12-5-4-11(16)9-10(12)2/h1,4-5,9,16H,7-8H2,2H3. The van der Waals surface area contributed by atoms with Crippen LogP contribution in [0, 0.1) is 30.6 Å². The number of terminal acetylenes is 1. The Morgan fingerprint density at radius 1 is 1.53 bits per heavy atom. The van der Waals surface area contributed by atoms with Crippen molar-refractivity contribution in [3.63, 3.8) is 0 Å². The van der Waals surface area contributed by atoms with Crippen molar-refractivity contribution in [3.05, 3.63) is 29.3 Å². The maximum atomic E-state index is 12.1. The molecule has 0 saturated heterocycles. The zero-order valence-corrected chi connectivity index (χ0v) is 9.47. The summed E-state index contributed by atoms with van der Waals surface area (Å²) in [6.07, 6.45) is 5.14. The van der Waals surface area contributed by atoms with Crippen LogP contribution in [0.3, 0.4) is 0 Å². The number of phenols is 1. The van der Waals surface area contributed by atoms with Crippen molar-refractivity contribution in [2.24, 2.45) is 0 Å². The number of nitrogens with zero attached hydrogens (tertiary/aromatic N) is 2. The molecule has 0 radical (unpaired) electrons. The molecular formula is C13H12N2O2. The SMILES string of the molecule is C#CCN(CC#N)C(=O)c1ccc(O)cc1C. The van der Waals surface area contributed by atoms with Crippen LogP contribution in [0.4, 0.5) is 0 Å². The topological polar surface area (TPSA) is 64.3 Å². The number of carbonyl (C=O) groups excluding carboxylic acids is 1. The lowest BCUT2D eigenvalue weighted by molar-refractivity contribution is 0.0794. The highest BCUT2D eigenvalue weighted by molar-refractivity contribution is 5.96. The summed E-state index contributed by atoms with van der Waals surface area (Å²) >= 11 is 0. The molecule has 0 spiro atoms. The fourth-order valence-electron chi connectivity index (χ4n) is 1.45. The molecule has 0 unspecified atom stereocenters. The first-order valence-electron chi connectivity index (χ1n) is 4.99. The number of hydrogen-bond acceptors (Lipinski definition) is 3. The molecule has 0 saturated carbocycles. The molecule has 1 N–H and O–H groups in total. The number of nitriles is 1. The minimum absolute atomic E-state index is 0.0522. The Morgan fingerprint density at radius 2 is 2.24 bits per heavy atom. The molecule has 4 nitrogen and oxygen atoms in total. The Kier molecular flexibility index (Phi) is 4.14. The minimum Gasteiger partial charge on any atom is -0.508 e. The number of aryl methyl sites for hydroxylation is 1. The van der Waals surface area contributed by atoms with Crippen LogP contribution >= 0.6 is 0 Å². The second kappa shape index (κ2) is 5.58. The van der Waals surface area contributed by atoms with Gasteiger partial charge in [0.15, 0.2) is 0 Å². The number of phenolic OH excluding ortho intramolecular Hbond substituents is 1. The van der Waals surface area contributed by atoms with Gasteiger partial charge in [-0.15, -0.1) is 6.42 Å². The van der Waals surface area contributed by atoms with Crippen LogP contribution < -0.4 is 0 Å². The third kappa shape index (κ3) is 2.99. The van der Waals surface area contributed by atoms with E-state index in [0.717, 1.165) is 0 Å². The Morgan fingerprint density at radius 3 is 2.76 bits per heavy atom. The van der Waals surface area contributed by atoms with Crippen LogP contribution in [0.5, 0.6) is 5.75 Å². The third-order valence-electron chi connectivity index (χ3n) is 2.27. The van der Waals surface area contributed by atoms with Crippen LogP contribution in [0.1, 0.15) is 15.9 Å². The van der Waals surface area contributed by atoms with E-state index in [-0.39, 0.29) is 24.7 Å². The predicted molar refractivity (Wildman–Crippen MR) is 63.2 cm³/mol. The molecule has 0 fully saturated rings. The van der Waals surface area contributed by atoms with E-state index in [0.29, 0.717) is 11.1 Å². The molecule has 0 aliphatic carbocycles. The van der Waals surface area contributed by atoms with Gasteiger partial charge >= 0.3 is 0 Å². The fraction of sp³-hybridized carbons (Fsp3) is 0.231. The largest absolute Gasteiger partial charge is 0.508 e. The lowest BCUT2D eigenvalue weighted by Gasteiger charge is -2.17. The van der Waals surface area contributed by atoms with E-state index >= 15 is 0 Å². The average Bonchev–Trinajstić information content (AvgIpc) is 2.28. The van der Waals surface area contributed by atoms with Gasteiger partial charge in [-0.1, -0.05) is 5.92 Å². The zero-order valence-electron chi connectivity index (χ0n) is 9.47. The van der Waals surface area contributed by atoms with E-state index in [1.165, 1.54) is 23.1 Å². The number of aromatic hydroxyl groups is 1. The van der Waals surface area contributed by atoms with Crippen molar-refractivity contribution in [3.8, 4) is 24.2 Å². The Bertz CT molecular complexity index is 493. The lowest BCUT2D eigenvalue weighted by atomic mass is 10.1. The molecule has 0 bridgehead atoms.